The van der Waals surface area contributed by atoms with E-state index in [2.05, 4.69) is 29.2 Å². The smallest absolute Gasteiger partial charge is 0.131 e. The maximum Gasteiger partial charge on any atom is 0.131 e. The standard InChI is InChI=1S/C18H15ClN2/c19-16-11-18(20-17-8-4-3-7-15(16)17)21-10-9-13-5-1-2-6-14(13)12-21/h1-8,11H,9-10,12H2. The molecule has 0 atom stereocenters. The molecule has 0 aliphatic carbocycles. The molecule has 3 aromatic rings. The van der Waals surface area contributed by atoms with Crippen LogP contribution in [-0.2, 0) is 13.0 Å². The van der Waals surface area contributed by atoms with Gasteiger partial charge in [-0.25, -0.2) is 4.98 Å². The summed E-state index contributed by atoms with van der Waals surface area (Å²) in [5.74, 6) is 0.966. The molecule has 1 aliphatic rings. The Morgan fingerprint density at radius 3 is 2.62 bits per heavy atom. The van der Waals surface area contributed by atoms with Crippen molar-refractivity contribution in [3.05, 3.63) is 70.7 Å². The number of benzene rings is 2. The summed E-state index contributed by atoms with van der Waals surface area (Å²) in [7, 11) is 0. The number of halogens is 1. The van der Waals surface area contributed by atoms with Crippen LogP contribution in [0, 0.1) is 0 Å². The van der Waals surface area contributed by atoms with Crippen LogP contribution in [0.4, 0.5) is 5.82 Å². The molecule has 0 unspecified atom stereocenters. The molecule has 0 bridgehead atoms. The highest BCUT2D eigenvalue weighted by Crippen LogP contribution is 2.29. The van der Waals surface area contributed by atoms with E-state index in [1.807, 2.05) is 30.3 Å². The molecule has 0 spiro atoms. The number of anilines is 1. The molecular formula is C18H15ClN2. The van der Waals surface area contributed by atoms with Crippen molar-refractivity contribution in [3.63, 3.8) is 0 Å². The lowest BCUT2D eigenvalue weighted by Crippen LogP contribution is -2.30. The third kappa shape index (κ3) is 2.26. The van der Waals surface area contributed by atoms with E-state index in [0.717, 1.165) is 41.3 Å². The number of hydrogen-bond donors (Lipinski definition) is 0. The molecule has 1 aromatic heterocycles. The first kappa shape index (κ1) is 12.7. The van der Waals surface area contributed by atoms with Crippen molar-refractivity contribution in [2.24, 2.45) is 0 Å². The number of nitrogens with zero attached hydrogens (tertiary/aromatic N) is 2. The highest BCUT2D eigenvalue weighted by atomic mass is 35.5. The maximum atomic E-state index is 6.41. The van der Waals surface area contributed by atoms with Crippen molar-refractivity contribution in [2.75, 3.05) is 11.4 Å². The Morgan fingerprint density at radius 1 is 0.952 bits per heavy atom. The highest BCUT2D eigenvalue weighted by molar-refractivity contribution is 6.35. The minimum atomic E-state index is 0.773. The summed E-state index contributed by atoms with van der Waals surface area (Å²) in [6.07, 6.45) is 1.06. The van der Waals surface area contributed by atoms with E-state index in [4.69, 9.17) is 16.6 Å². The molecule has 0 saturated heterocycles. The third-order valence-corrected chi connectivity index (χ3v) is 4.42. The quantitative estimate of drug-likeness (QED) is 0.659. The molecule has 1 aliphatic heterocycles. The lowest BCUT2D eigenvalue weighted by atomic mass is 10.00. The van der Waals surface area contributed by atoms with E-state index >= 15 is 0 Å². The predicted octanol–water partition coefficient (Wildman–Crippen LogP) is 4.45. The van der Waals surface area contributed by atoms with Crippen LogP contribution in [0.1, 0.15) is 11.1 Å². The molecule has 0 radical (unpaired) electrons. The number of rotatable bonds is 1. The average molecular weight is 295 g/mol. The molecular weight excluding hydrogens is 280 g/mol. The van der Waals surface area contributed by atoms with Crippen molar-refractivity contribution in [1.82, 2.24) is 4.98 Å². The lowest BCUT2D eigenvalue weighted by Gasteiger charge is -2.30. The first-order valence-corrected chi connectivity index (χ1v) is 7.56. The first-order valence-electron chi connectivity index (χ1n) is 7.18. The summed E-state index contributed by atoms with van der Waals surface area (Å²) in [4.78, 5) is 7.08. The van der Waals surface area contributed by atoms with Gasteiger partial charge in [-0.1, -0.05) is 54.1 Å². The Hall–Kier alpha value is -2.06. The molecule has 3 heteroatoms. The Kier molecular flexibility index (Phi) is 3.04. The minimum Gasteiger partial charge on any atom is -0.352 e. The molecule has 2 heterocycles. The molecule has 0 N–H and O–H groups in total. The van der Waals surface area contributed by atoms with Crippen LogP contribution >= 0.6 is 11.6 Å². The van der Waals surface area contributed by atoms with Gasteiger partial charge >= 0.3 is 0 Å². The number of para-hydroxylation sites is 1. The zero-order chi connectivity index (χ0) is 14.2. The second-order valence-corrected chi connectivity index (χ2v) is 5.83. The molecule has 2 aromatic carbocycles. The fourth-order valence-corrected chi connectivity index (χ4v) is 3.23. The minimum absolute atomic E-state index is 0.773. The number of aromatic nitrogens is 1. The summed E-state index contributed by atoms with van der Waals surface area (Å²) in [5.41, 5.74) is 3.79. The van der Waals surface area contributed by atoms with Gasteiger partial charge in [0.05, 0.1) is 10.5 Å². The van der Waals surface area contributed by atoms with Gasteiger partial charge in [-0.15, -0.1) is 0 Å². The monoisotopic (exact) mass is 294 g/mol. The van der Waals surface area contributed by atoms with Crippen molar-refractivity contribution in [1.29, 1.82) is 0 Å². The summed E-state index contributed by atoms with van der Waals surface area (Å²) in [6, 6.07) is 18.6. The summed E-state index contributed by atoms with van der Waals surface area (Å²) in [5, 5.41) is 1.79. The van der Waals surface area contributed by atoms with Crippen LogP contribution in [0.25, 0.3) is 10.9 Å². The van der Waals surface area contributed by atoms with E-state index in [0.29, 0.717) is 0 Å². The SMILES string of the molecule is Clc1cc(N2CCc3ccccc3C2)nc2ccccc12. The van der Waals surface area contributed by atoms with E-state index < -0.39 is 0 Å². The first-order chi connectivity index (χ1) is 10.3. The highest BCUT2D eigenvalue weighted by Gasteiger charge is 2.18. The largest absolute Gasteiger partial charge is 0.352 e. The topological polar surface area (TPSA) is 16.1 Å². The van der Waals surface area contributed by atoms with Gasteiger partial charge < -0.3 is 4.90 Å². The number of fused-ring (bicyclic) bond motifs is 2. The molecule has 21 heavy (non-hydrogen) atoms. The van der Waals surface area contributed by atoms with Crippen molar-refractivity contribution in [2.45, 2.75) is 13.0 Å². The fraction of sp³-hybridized carbons (Fsp3) is 0.167. The van der Waals surface area contributed by atoms with Crippen molar-refractivity contribution < 1.29 is 0 Å². The van der Waals surface area contributed by atoms with Gasteiger partial charge in [0, 0.05) is 18.5 Å². The molecule has 4 rings (SSSR count). The van der Waals surface area contributed by atoms with Gasteiger partial charge in [-0.2, -0.15) is 0 Å². The Labute approximate surface area is 129 Å². The fourth-order valence-electron chi connectivity index (χ4n) is 2.97. The molecule has 0 saturated carbocycles. The number of hydrogen-bond acceptors (Lipinski definition) is 2. The van der Waals surface area contributed by atoms with Gasteiger partial charge in [0.2, 0.25) is 0 Å². The Bertz CT molecular complexity index is 813. The Balaban J connectivity index is 1.75. The molecule has 0 amide bonds. The van der Waals surface area contributed by atoms with Crippen LogP contribution in [0.15, 0.2) is 54.6 Å². The number of pyridine rings is 1. The lowest BCUT2D eigenvalue weighted by molar-refractivity contribution is 0.722. The summed E-state index contributed by atoms with van der Waals surface area (Å²) < 4.78 is 0. The van der Waals surface area contributed by atoms with Gasteiger partial charge in [-0.3, -0.25) is 0 Å². The average Bonchev–Trinajstić information content (AvgIpc) is 2.54. The van der Waals surface area contributed by atoms with Gasteiger partial charge in [0.1, 0.15) is 5.82 Å². The van der Waals surface area contributed by atoms with E-state index in [1.165, 1.54) is 11.1 Å². The predicted molar refractivity (Wildman–Crippen MR) is 87.9 cm³/mol. The zero-order valence-corrected chi connectivity index (χ0v) is 12.3. The summed E-state index contributed by atoms with van der Waals surface area (Å²) >= 11 is 6.41. The molecule has 2 nitrogen and oxygen atoms in total. The van der Waals surface area contributed by atoms with Crippen molar-refractivity contribution in [3.8, 4) is 0 Å². The second-order valence-electron chi connectivity index (χ2n) is 5.42. The van der Waals surface area contributed by atoms with Crippen LogP contribution in [0.2, 0.25) is 5.02 Å². The van der Waals surface area contributed by atoms with E-state index in [-0.39, 0.29) is 0 Å². The third-order valence-electron chi connectivity index (χ3n) is 4.11. The van der Waals surface area contributed by atoms with Crippen molar-refractivity contribution >= 4 is 28.3 Å². The Morgan fingerprint density at radius 2 is 1.71 bits per heavy atom. The zero-order valence-electron chi connectivity index (χ0n) is 11.6. The van der Waals surface area contributed by atoms with E-state index in [1.54, 1.807) is 0 Å². The van der Waals surface area contributed by atoms with Gasteiger partial charge in [-0.05, 0) is 29.7 Å². The molecule has 104 valence electrons. The van der Waals surface area contributed by atoms with Crippen LogP contribution in [0.3, 0.4) is 0 Å². The summed E-state index contributed by atoms with van der Waals surface area (Å²) in [6.45, 7) is 1.89. The molecule has 0 fully saturated rings. The van der Waals surface area contributed by atoms with Crippen LogP contribution in [-0.4, -0.2) is 11.5 Å². The van der Waals surface area contributed by atoms with Crippen LogP contribution < -0.4 is 4.90 Å². The second kappa shape index (κ2) is 5.05. The van der Waals surface area contributed by atoms with Gasteiger partial charge in [0.15, 0.2) is 0 Å². The van der Waals surface area contributed by atoms with Gasteiger partial charge in [0.25, 0.3) is 0 Å². The van der Waals surface area contributed by atoms with E-state index in [9.17, 15) is 0 Å². The van der Waals surface area contributed by atoms with Crippen LogP contribution in [0.5, 0.6) is 0 Å². The maximum absolute atomic E-state index is 6.41. The normalized spacial score (nSPS) is 14.2.